The van der Waals surface area contributed by atoms with Crippen molar-refractivity contribution in [3.05, 3.63) is 27.8 Å². The molecule has 19 heavy (non-hydrogen) atoms. The molecule has 1 aromatic carbocycles. The quantitative estimate of drug-likeness (QED) is 0.683. The fraction of sp³-hybridized carbons (Fsp3) is 0.529. The van der Waals surface area contributed by atoms with Gasteiger partial charge in [0.1, 0.15) is 5.75 Å². The first-order valence-corrected chi connectivity index (χ1v) is 7.28. The third-order valence-electron chi connectivity index (χ3n) is 3.20. The Morgan fingerprint density at radius 1 is 1.26 bits per heavy atom. The van der Waals surface area contributed by atoms with Gasteiger partial charge in [-0.15, -0.1) is 11.8 Å². The molecule has 0 aromatic heterocycles. The molecular formula is C17H23ClO. The lowest BCUT2D eigenvalue weighted by Gasteiger charge is -2.20. The fourth-order valence-electron chi connectivity index (χ4n) is 2.26. The van der Waals surface area contributed by atoms with Crippen molar-refractivity contribution in [2.45, 2.75) is 53.4 Å². The van der Waals surface area contributed by atoms with E-state index in [1.54, 1.807) is 0 Å². The van der Waals surface area contributed by atoms with Crippen LogP contribution >= 0.6 is 11.6 Å². The van der Waals surface area contributed by atoms with Crippen LogP contribution in [0.15, 0.2) is 6.07 Å². The van der Waals surface area contributed by atoms with Gasteiger partial charge in [-0.25, -0.2) is 0 Å². The summed E-state index contributed by atoms with van der Waals surface area (Å²) in [6.07, 6.45) is 1.74. The molecular weight excluding hydrogens is 256 g/mol. The first-order valence-electron chi connectivity index (χ1n) is 6.90. The van der Waals surface area contributed by atoms with Gasteiger partial charge in [0.05, 0.1) is 6.61 Å². The monoisotopic (exact) mass is 278 g/mol. The highest BCUT2D eigenvalue weighted by Gasteiger charge is 2.18. The first kappa shape index (κ1) is 15.9. The van der Waals surface area contributed by atoms with E-state index in [1.165, 1.54) is 5.56 Å². The predicted molar refractivity (Wildman–Crippen MR) is 83.2 cm³/mol. The molecule has 1 unspecified atom stereocenters. The maximum Gasteiger partial charge on any atom is 0.126 e. The molecule has 2 heteroatoms. The van der Waals surface area contributed by atoms with Crippen LogP contribution in [0.25, 0.3) is 0 Å². The molecule has 0 aliphatic heterocycles. The Balaban J connectivity index is 3.21. The summed E-state index contributed by atoms with van der Waals surface area (Å²) in [4.78, 5) is 0. The molecule has 1 nitrogen and oxygen atoms in total. The van der Waals surface area contributed by atoms with Crippen molar-refractivity contribution in [3.8, 4) is 17.6 Å². The number of hydrogen-bond donors (Lipinski definition) is 0. The van der Waals surface area contributed by atoms with Crippen molar-refractivity contribution in [2.75, 3.05) is 6.61 Å². The second-order valence-electron chi connectivity index (χ2n) is 4.79. The van der Waals surface area contributed by atoms with Crippen LogP contribution in [0.5, 0.6) is 5.75 Å². The number of benzene rings is 1. The molecule has 1 aromatic rings. The Morgan fingerprint density at radius 2 is 1.95 bits per heavy atom. The standard InChI is InChI=1S/C17H23ClO/c1-6-8-9-10-12(3)16-14(5)15(18)11-13(4)17(16)19-7-2/h11-12H,6-7,10H2,1-5H3. The molecule has 0 aliphatic carbocycles. The van der Waals surface area contributed by atoms with Gasteiger partial charge in [0.2, 0.25) is 0 Å². The maximum absolute atomic E-state index is 6.31. The van der Waals surface area contributed by atoms with Crippen LogP contribution in [-0.2, 0) is 0 Å². The average Bonchev–Trinajstić information content (AvgIpc) is 2.36. The Hall–Kier alpha value is -1.13. The van der Waals surface area contributed by atoms with Crippen molar-refractivity contribution in [1.29, 1.82) is 0 Å². The number of hydrogen-bond acceptors (Lipinski definition) is 1. The number of halogens is 1. The van der Waals surface area contributed by atoms with Crippen LogP contribution < -0.4 is 4.74 Å². The zero-order chi connectivity index (χ0) is 14.4. The third kappa shape index (κ3) is 3.91. The summed E-state index contributed by atoms with van der Waals surface area (Å²) < 4.78 is 5.82. The predicted octanol–water partition coefficient (Wildman–Crippen LogP) is 5.26. The van der Waals surface area contributed by atoms with E-state index in [0.717, 1.165) is 34.7 Å². The van der Waals surface area contributed by atoms with E-state index in [4.69, 9.17) is 16.3 Å². The summed E-state index contributed by atoms with van der Waals surface area (Å²) in [6, 6.07) is 1.98. The number of rotatable bonds is 4. The molecule has 0 heterocycles. The Bertz CT molecular complexity index is 494. The molecule has 0 radical (unpaired) electrons. The van der Waals surface area contributed by atoms with Crippen molar-refractivity contribution in [2.24, 2.45) is 0 Å². The van der Waals surface area contributed by atoms with E-state index in [1.807, 2.05) is 19.9 Å². The molecule has 0 spiro atoms. The van der Waals surface area contributed by atoms with Gasteiger partial charge in [0.25, 0.3) is 0 Å². The van der Waals surface area contributed by atoms with Crippen molar-refractivity contribution in [1.82, 2.24) is 0 Å². The fourth-order valence-corrected chi connectivity index (χ4v) is 2.52. The minimum atomic E-state index is 0.331. The van der Waals surface area contributed by atoms with Crippen molar-refractivity contribution >= 4 is 11.6 Å². The summed E-state index contributed by atoms with van der Waals surface area (Å²) in [5, 5.41) is 0.811. The van der Waals surface area contributed by atoms with Gasteiger partial charge in [-0.2, -0.15) is 0 Å². The molecule has 0 amide bonds. The summed E-state index contributed by atoms with van der Waals surface area (Å²) in [7, 11) is 0. The average molecular weight is 279 g/mol. The zero-order valence-electron chi connectivity index (χ0n) is 12.6. The van der Waals surface area contributed by atoms with Gasteiger partial charge in [-0.1, -0.05) is 25.4 Å². The van der Waals surface area contributed by atoms with Gasteiger partial charge < -0.3 is 4.74 Å². The third-order valence-corrected chi connectivity index (χ3v) is 3.59. The van der Waals surface area contributed by atoms with Gasteiger partial charge >= 0.3 is 0 Å². The largest absolute Gasteiger partial charge is 0.493 e. The number of ether oxygens (including phenoxy) is 1. The summed E-state index contributed by atoms with van der Waals surface area (Å²) in [5.74, 6) is 7.66. The summed E-state index contributed by atoms with van der Waals surface area (Å²) in [6.45, 7) is 11.0. The first-order chi connectivity index (χ1) is 9.02. The maximum atomic E-state index is 6.31. The van der Waals surface area contributed by atoms with Gasteiger partial charge in [0, 0.05) is 23.4 Å². The molecule has 0 N–H and O–H groups in total. The van der Waals surface area contributed by atoms with Crippen molar-refractivity contribution in [3.63, 3.8) is 0 Å². The molecule has 0 saturated heterocycles. The van der Waals surface area contributed by atoms with Crippen LogP contribution in [0.4, 0.5) is 0 Å². The van der Waals surface area contributed by atoms with Crippen LogP contribution in [0.2, 0.25) is 5.02 Å². The molecule has 0 bridgehead atoms. The van der Waals surface area contributed by atoms with E-state index in [0.29, 0.717) is 12.5 Å². The summed E-state index contributed by atoms with van der Waals surface area (Å²) >= 11 is 6.31. The van der Waals surface area contributed by atoms with E-state index in [9.17, 15) is 0 Å². The van der Waals surface area contributed by atoms with E-state index in [-0.39, 0.29) is 0 Å². The lowest BCUT2D eigenvalue weighted by atomic mass is 9.91. The highest BCUT2D eigenvalue weighted by Crippen LogP contribution is 2.38. The van der Waals surface area contributed by atoms with Crippen LogP contribution in [0, 0.1) is 25.7 Å². The minimum absolute atomic E-state index is 0.331. The van der Waals surface area contributed by atoms with Crippen molar-refractivity contribution < 1.29 is 4.74 Å². The van der Waals surface area contributed by atoms with Crippen LogP contribution in [0.1, 0.15) is 56.2 Å². The molecule has 1 atom stereocenters. The molecule has 1 rings (SSSR count). The lowest BCUT2D eigenvalue weighted by molar-refractivity contribution is 0.332. The summed E-state index contributed by atoms with van der Waals surface area (Å²) in [5.41, 5.74) is 3.42. The molecule has 104 valence electrons. The van der Waals surface area contributed by atoms with Gasteiger partial charge in [0.15, 0.2) is 0 Å². The Morgan fingerprint density at radius 3 is 2.53 bits per heavy atom. The second kappa shape index (κ2) is 7.46. The smallest absolute Gasteiger partial charge is 0.126 e. The minimum Gasteiger partial charge on any atom is -0.493 e. The van der Waals surface area contributed by atoms with E-state index in [2.05, 4.69) is 32.6 Å². The molecule has 0 aliphatic rings. The molecule has 0 fully saturated rings. The highest BCUT2D eigenvalue weighted by atomic mass is 35.5. The van der Waals surface area contributed by atoms with E-state index >= 15 is 0 Å². The topological polar surface area (TPSA) is 9.23 Å². The van der Waals surface area contributed by atoms with Crippen LogP contribution in [0.3, 0.4) is 0 Å². The lowest BCUT2D eigenvalue weighted by Crippen LogP contribution is -2.05. The van der Waals surface area contributed by atoms with E-state index < -0.39 is 0 Å². The molecule has 0 saturated carbocycles. The second-order valence-corrected chi connectivity index (χ2v) is 5.20. The zero-order valence-corrected chi connectivity index (χ0v) is 13.3. The highest BCUT2D eigenvalue weighted by molar-refractivity contribution is 6.31. The van der Waals surface area contributed by atoms with Gasteiger partial charge in [-0.05, 0) is 43.9 Å². The Labute approximate surface area is 122 Å². The van der Waals surface area contributed by atoms with Gasteiger partial charge in [-0.3, -0.25) is 0 Å². The Kier molecular flexibility index (Phi) is 6.25. The normalized spacial score (nSPS) is 11.7. The van der Waals surface area contributed by atoms with Crippen LogP contribution in [-0.4, -0.2) is 6.61 Å². The SMILES string of the molecule is CCC#CCC(C)c1c(C)c(Cl)cc(C)c1OCC. The number of aryl methyl sites for hydroxylation is 1.